The van der Waals surface area contributed by atoms with Gasteiger partial charge in [-0.25, -0.2) is 4.79 Å². The maximum Gasteiger partial charge on any atom is 0.318 e. The van der Waals surface area contributed by atoms with E-state index < -0.39 is 0 Å². The van der Waals surface area contributed by atoms with E-state index in [9.17, 15) is 14.4 Å². The summed E-state index contributed by atoms with van der Waals surface area (Å²) in [5, 5.41) is 2.91. The quantitative estimate of drug-likeness (QED) is 0.513. The molecule has 0 aliphatic carbocycles. The lowest BCUT2D eigenvalue weighted by Crippen LogP contribution is -2.56. The van der Waals surface area contributed by atoms with Gasteiger partial charge in [0.05, 0.1) is 22.2 Å². The van der Waals surface area contributed by atoms with Crippen molar-refractivity contribution in [3.05, 3.63) is 47.5 Å². The second-order valence-electron chi connectivity index (χ2n) is 7.87. The van der Waals surface area contributed by atoms with Crippen LogP contribution in [0.5, 0.6) is 0 Å². The van der Waals surface area contributed by atoms with Crippen molar-refractivity contribution in [3.63, 3.8) is 0 Å². The number of benzene rings is 1. The monoisotopic (exact) mass is 355 g/mol. The summed E-state index contributed by atoms with van der Waals surface area (Å²) in [6.07, 6.45) is 4.58. The highest BCUT2D eigenvalue weighted by atomic mass is 16.2. The first-order chi connectivity index (χ1) is 12.1. The fourth-order valence-electron chi connectivity index (χ4n) is 3.78. The van der Waals surface area contributed by atoms with Crippen LogP contribution in [0.4, 0.5) is 4.79 Å². The van der Waals surface area contributed by atoms with E-state index in [1.165, 1.54) is 4.90 Å². The van der Waals surface area contributed by atoms with Gasteiger partial charge in [-0.1, -0.05) is 24.3 Å². The highest BCUT2D eigenvalue weighted by Crippen LogP contribution is 2.34. The van der Waals surface area contributed by atoms with Crippen LogP contribution in [0.3, 0.4) is 0 Å². The molecule has 0 unspecified atom stereocenters. The summed E-state index contributed by atoms with van der Waals surface area (Å²) < 4.78 is 0. The van der Waals surface area contributed by atoms with Gasteiger partial charge in [0.25, 0.3) is 11.8 Å². The molecule has 0 atom stereocenters. The Balaban J connectivity index is 1.53. The van der Waals surface area contributed by atoms with Gasteiger partial charge in [0.1, 0.15) is 0 Å². The van der Waals surface area contributed by atoms with Gasteiger partial charge in [0, 0.05) is 13.1 Å². The van der Waals surface area contributed by atoms with Crippen molar-refractivity contribution in [3.8, 4) is 0 Å². The molecule has 26 heavy (non-hydrogen) atoms. The number of imide groups is 1. The van der Waals surface area contributed by atoms with Gasteiger partial charge in [-0.05, 0) is 46.2 Å². The maximum atomic E-state index is 12.6. The Hall–Kier alpha value is -2.63. The van der Waals surface area contributed by atoms with Gasteiger partial charge < -0.3 is 10.2 Å². The van der Waals surface area contributed by atoms with E-state index in [-0.39, 0.29) is 35.5 Å². The van der Waals surface area contributed by atoms with E-state index in [2.05, 4.69) is 5.32 Å². The van der Waals surface area contributed by atoms with Crippen LogP contribution < -0.4 is 5.32 Å². The summed E-state index contributed by atoms with van der Waals surface area (Å²) >= 11 is 0. The van der Waals surface area contributed by atoms with Crippen molar-refractivity contribution in [1.82, 2.24) is 15.1 Å². The summed E-state index contributed by atoms with van der Waals surface area (Å²) in [5.41, 5.74) is 0.202. The number of carbonyl (C=O) groups is 3. The highest BCUT2D eigenvalue weighted by molar-refractivity contribution is 6.21. The molecule has 0 bridgehead atoms. The largest absolute Gasteiger partial charge is 0.338 e. The normalized spacial score (nSPS) is 19.8. The van der Waals surface area contributed by atoms with Crippen molar-refractivity contribution in [1.29, 1.82) is 0 Å². The minimum Gasteiger partial charge on any atom is -0.338 e. The summed E-state index contributed by atoms with van der Waals surface area (Å²) in [4.78, 5) is 40.3. The van der Waals surface area contributed by atoms with Gasteiger partial charge in [0.15, 0.2) is 0 Å². The number of nitrogens with zero attached hydrogens (tertiary/aromatic N) is 2. The molecule has 0 fully saturated rings. The third-order valence-electron chi connectivity index (χ3n) is 4.97. The molecule has 3 rings (SSSR count). The van der Waals surface area contributed by atoms with E-state index in [1.54, 1.807) is 24.3 Å². The minimum absolute atomic E-state index is 0.146. The van der Waals surface area contributed by atoms with Crippen LogP contribution in [0, 0.1) is 0 Å². The van der Waals surface area contributed by atoms with Crippen LogP contribution >= 0.6 is 0 Å². The number of rotatable bonds is 4. The van der Waals surface area contributed by atoms with Gasteiger partial charge in [-0.3, -0.25) is 14.5 Å². The van der Waals surface area contributed by atoms with Gasteiger partial charge >= 0.3 is 6.03 Å². The van der Waals surface area contributed by atoms with Crippen molar-refractivity contribution < 1.29 is 14.4 Å². The number of urea groups is 1. The minimum atomic E-state index is -0.351. The molecule has 1 aromatic carbocycles. The number of hydrogen-bond donors (Lipinski definition) is 1. The molecule has 1 N–H and O–H groups in total. The number of nitrogens with one attached hydrogen (secondary N) is 1. The first-order valence-corrected chi connectivity index (χ1v) is 8.89. The van der Waals surface area contributed by atoms with Crippen molar-refractivity contribution >= 4 is 17.8 Å². The molecule has 0 radical (unpaired) electrons. The zero-order valence-corrected chi connectivity index (χ0v) is 15.7. The third kappa shape index (κ3) is 3.00. The lowest BCUT2D eigenvalue weighted by molar-refractivity contribution is 0.0653. The lowest BCUT2D eigenvalue weighted by atomic mass is 10.0. The average Bonchev–Trinajstić information content (AvgIpc) is 2.95. The van der Waals surface area contributed by atoms with Crippen LogP contribution in [0.2, 0.25) is 0 Å². The molecular formula is C20H25N3O3. The Bertz CT molecular complexity index is 742. The van der Waals surface area contributed by atoms with E-state index in [0.717, 1.165) is 0 Å². The Morgan fingerprint density at radius 1 is 0.962 bits per heavy atom. The average molecular weight is 355 g/mol. The molecule has 6 nitrogen and oxygen atoms in total. The van der Waals surface area contributed by atoms with Crippen LogP contribution in [0.25, 0.3) is 0 Å². The van der Waals surface area contributed by atoms with E-state index >= 15 is 0 Å². The smallest absolute Gasteiger partial charge is 0.318 e. The summed E-state index contributed by atoms with van der Waals surface area (Å²) in [7, 11) is 0. The number of amides is 4. The van der Waals surface area contributed by atoms with Crippen LogP contribution in [-0.4, -0.2) is 51.8 Å². The Morgan fingerprint density at radius 3 is 1.96 bits per heavy atom. The molecule has 138 valence electrons. The van der Waals surface area contributed by atoms with Crippen LogP contribution in [0.15, 0.2) is 36.4 Å². The summed E-state index contributed by atoms with van der Waals surface area (Å²) in [5.74, 6) is -0.522. The Morgan fingerprint density at radius 2 is 1.46 bits per heavy atom. The second-order valence-corrected chi connectivity index (χ2v) is 7.87. The first kappa shape index (κ1) is 18.2. The van der Waals surface area contributed by atoms with E-state index in [4.69, 9.17) is 0 Å². The molecular weight excluding hydrogens is 330 g/mol. The zero-order chi connectivity index (χ0) is 19.1. The number of hydrogen-bond acceptors (Lipinski definition) is 3. The van der Waals surface area contributed by atoms with E-state index in [1.807, 2.05) is 44.7 Å². The van der Waals surface area contributed by atoms with Gasteiger partial charge in [-0.15, -0.1) is 0 Å². The van der Waals surface area contributed by atoms with Crippen molar-refractivity contribution in [2.45, 2.75) is 45.2 Å². The van der Waals surface area contributed by atoms with Crippen molar-refractivity contribution in [2.75, 3.05) is 13.1 Å². The molecule has 4 amide bonds. The molecule has 0 spiro atoms. The second kappa shape index (κ2) is 6.27. The Labute approximate surface area is 153 Å². The molecule has 0 aromatic heterocycles. The number of carbonyl (C=O) groups excluding carboxylic acids is 3. The fourth-order valence-corrected chi connectivity index (χ4v) is 3.78. The molecule has 6 heteroatoms. The highest BCUT2D eigenvalue weighted by Gasteiger charge is 2.43. The SMILES string of the molecule is CC1(C)C=CC(C)(C)N1C(=O)NCCCN1C(=O)c2ccccc2C1=O. The Kier molecular flexibility index (Phi) is 4.38. The standard InChI is InChI=1S/C20H25N3O3/c1-19(2)10-11-20(3,4)23(19)18(26)21-12-7-13-22-16(24)14-8-5-6-9-15(14)17(22)25/h5-6,8-11H,7,12-13H2,1-4H3,(H,21,26). The van der Waals surface area contributed by atoms with Gasteiger partial charge in [0.2, 0.25) is 0 Å². The van der Waals surface area contributed by atoms with Crippen molar-refractivity contribution in [2.24, 2.45) is 0 Å². The summed E-state index contributed by atoms with van der Waals surface area (Å²) in [6.45, 7) is 8.67. The van der Waals surface area contributed by atoms with E-state index in [0.29, 0.717) is 24.1 Å². The molecule has 2 aliphatic heterocycles. The molecule has 2 aliphatic rings. The van der Waals surface area contributed by atoms with Crippen LogP contribution in [-0.2, 0) is 0 Å². The maximum absolute atomic E-state index is 12.6. The van der Waals surface area contributed by atoms with Crippen LogP contribution in [0.1, 0.15) is 54.8 Å². The zero-order valence-electron chi connectivity index (χ0n) is 15.7. The first-order valence-electron chi connectivity index (χ1n) is 8.89. The van der Waals surface area contributed by atoms with Gasteiger partial charge in [-0.2, -0.15) is 0 Å². The predicted molar refractivity (Wildman–Crippen MR) is 99.0 cm³/mol. The molecule has 0 saturated heterocycles. The lowest BCUT2D eigenvalue weighted by Gasteiger charge is -2.40. The molecule has 2 heterocycles. The fraction of sp³-hybridized carbons (Fsp3) is 0.450. The topological polar surface area (TPSA) is 69.7 Å². The predicted octanol–water partition coefficient (Wildman–Crippen LogP) is 2.81. The molecule has 1 aromatic rings. The number of fused-ring (bicyclic) bond motifs is 1. The summed E-state index contributed by atoms with van der Waals surface area (Å²) in [6, 6.07) is 6.69. The molecule has 0 saturated carbocycles. The third-order valence-corrected chi connectivity index (χ3v) is 4.97.